The number of aromatic nitrogens is 3. The Morgan fingerprint density at radius 2 is 2.25 bits per heavy atom. The van der Waals surface area contributed by atoms with Crippen LogP contribution in [0.15, 0.2) is 36.5 Å². The summed E-state index contributed by atoms with van der Waals surface area (Å²) in [5.74, 6) is 0.495. The third-order valence-electron chi connectivity index (χ3n) is 4.17. The van der Waals surface area contributed by atoms with Gasteiger partial charge in [0, 0.05) is 48.5 Å². The van der Waals surface area contributed by atoms with Crippen LogP contribution in [0.5, 0.6) is 0 Å². The molecule has 1 aromatic carbocycles. The highest BCUT2D eigenvalue weighted by atomic mass is 16.5. The Balaban J connectivity index is 1.62. The summed E-state index contributed by atoms with van der Waals surface area (Å²) in [6.45, 7) is 3.25. The predicted octanol–water partition coefficient (Wildman–Crippen LogP) is 1.61. The molecule has 24 heavy (non-hydrogen) atoms. The van der Waals surface area contributed by atoms with Crippen LogP contribution in [-0.4, -0.2) is 47.5 Å². The van der Waals surface area contributed by atoms with E-state index in [1.165, 1.54) is 0 Å². The van der Waals surface area contributed by atoms with Crippen LogP contribution in [0.4, 0.5) is 11.5 Å². The Labute approximate surface area is 139 Å². The van der Waals surface area contributed by atoms with Gasteiger partial charge in [0.05, 0.1) is 23.9 Å². The number of anilines is 2. The van der Waals surface area contributed by atoms with Crippen LogP contribution in [-0.2, 0) is 4.74 Å². The van der Waals surface area contributed by atoms with Crippen molar-refractivity contribution in [1.82, 2.24) is 20.5 Å². The summed E-state index contributed by atoms with van der Waals surface area (Å²) in [6.07, 6.45) is 1.89. The first-order valence-corrected chi connectivity index (χ1v) is 8.06. The van der Waals surface area contributed by atoms with Crippen LogP contribution < -0.4 is 16.4 Å². The Bertz CT molecular complexity index is 826. The van der Waals surface area contributed by atoms with Crippen molar-refractivity contribution >= 4 is 22.4 Å². The molecule has 0 saturated carbocycles. The molecule has 1 fully saturated rings. The molecular weight excluding hydrogens is 304 g/mol. The molecule has 0 aliphatic carbocycles. The second-order valence-electron chi connectivity index (χ2n) is 5.87. The van der Waals surface area contributed by atoms with Crippen molar-refractivity contribution < 1.29 is 4.74 Å². The predicted molar refractivity (Wildman–Crippen MR) is 94.8 cm³/mol. The maximum absolute atomic E-state index is 5.99. The van der Waals surface area contributed by atoms with Crippen LogP contribution in [0, 0.1) is 0 Å². The minimum atomic E-state index is 0.160. The monoisotopic (exact) mass is 324 g/mol. The number of fused-ring (bicyclic) bond motifs is 1. The fourth-order valence-corrected chi connectivity index (χ4v) is 2.95. The molecule has 0 radical (unpaired) electrons. The third-order valence-corrected chi connectivity index (χ3v) is 4.17. The van der Waals surface area contributed by atoms with Crippen molar-refractivity contribution in [3.05, 3.63) is 36.5 Å². The highest BCUT2D eigenvalue weighted by Crippen LogP contribution is 2.28. The fraction of sp³-hybridized carbons (Fsp3) is 0.294. The molecular formula is C17H20N6O. The molecule has 1 aliphatic rings. The first-order chi connectivity index (χ1) is 11.8. The second-order valence-corrected chi connectivity index (χ2v) is 5.87. The van der Waals surface area contributed by atoms with E-state index < -0.39 is 0 Å². The van der Waals surface area contributed by atoms with Gasteiger partial charge in [-0.2, -0.15) is 5.10 Å². The SMILES string of the molecule is Nc1cc(NC[C@@H]2CNCCO2)c2ccc(-c3ccn[nH]3)cc2n1. The summed E-state index contributed by atoms with van der Waals surface area (Å²) in [4.78, 5) is 4.46. The van der Waals surface area contributed by atoms with Crippen LogP contribution in [0.1, 0.15) is 0 Å². The van der Waals surface area contributed by atoms with E-state index in [9.17, 15) is 0 Å². The first kappa shape index (κ1) is 14.9. The number of nitrogens with zero attached hydrogens (tertiary/aromatic N) is 2. The van der Waals surface area contributed by atoms with Crippen LogP contribution >= 0.6 is 0 Å². The molecule has 0 spiro atoms. The fourth-order valence-electron chi connectivity index (χ4n) is 2.95. The lowest BCUT2D eigenvalue weighted by Gasteiger charge is -2.24. The van der Waals surface area contributed by atoms with Gasteiger partial charge in [0.2, 0.25) is 0 Å². The highest BCUT2D eigenvalue weighted by Gasteiger charge is 2.14. The van der Waals surface area contributed by atoms with Gasteiger partial charge in [-0.25, -0.2) is 4.98 Å². The Hall–Kier alpha value is -2.64. The number of H-pyrrole nitrogens is 1. The summed E-state index contributed by atoms with van der Waals surface area (Å²) < 4.78 is 5.73. The van der Waals surface area contributed by atoms with E-state index in [1.54, 1.807) is 6.20 Å². The lowest BCUT2D eigenvalue weighted by atomic mass is 10.1. The standard InChI is InChI=1S/C17H20N6O/c18-17-8-15(20-10-12-9-19-5-6-24-12)13-2-1-11(7-16(13)22-17)14-3-4-21-23-14/h1-4,7-8,12,19H,5-6,9-10H2,(H,21,23)(H3,18,20,22)/t12-/m0/s1. The third kappa shape index (κ3) is 3.04. The number of pyridine rings is 1. The van der Waals surface area contributed by atoms with E-state index in [4.69, 9.17) is 10.5 Å². The van der Waals surface area contributed by atoms with E-state index in [0.29, 0.717) is 5.82 Å². The zero-order valence-corrected chi connectivity index (χ0v) is 13.2. The molecule has 3 aromatic rings. The number of rotatable bonds is 4. The maximum atomic E-state index is 5.99. The van der Waals surface area contributed by atoms with Gasteiger partial charge in [-0.3, -0.25) is 5.10 Å². The average Bonchev–Trinajstić information content (AvgIpc) is 3.14. The minimum absolute atomic E-state index is 0.160. The Morgan fingerprint density at radius 1 is 1.29 bits per heavy atom. The number of nitrogens with two attached hydrogens (primary N) is 1. The van der Waals surface area contributed by atoms with E-state index >= 15 is 0 Å². The number of benzene rings is 1. The second kappa shape index (κ2) is 6.46. The molecule has 7 nitrogen and oxygen atoms in total. The number of ether oxygens (including phenoxy) is 1. The molecule has 2 aromatic heterocycles. The molecule has 124 valence electrons. The number of nitrogens with one attached hydrogen (secondary N) is 3. The molecule has 3 heterocycles. The van der Waals surface area contributed by atoms with Gasteiger partial charge in [0.15, 0.2) is 0 Å². The van der Waals surface area contributed by atoms with Crippen molar-refractivity contribution in [3.63, 3.8) is 0 Å². The van der Waals surface area contributed by atoms with Gasteiger partial charge in [0.1, 0.15) is 5.82 Å². The molecule has 1 saturated heterocycles. The maximum Gasteiger partial charge on any atom is 0.126 e. The number of hydrogen-bond donors (Lipinski definition) is 4. The van der Waals surface area contributed by atoms with Gasteiger partial charge >= 0.3 is 0 Å². The van der Waals surface area contributed by atoms with E-state index in [1.807, 2.05) is 18.2 Å². The van der Waals surface area contributed by atoms with Gasteiger partial charge in [-0.05, 0) is 12.1 Å². The minimum Gasteiger partial charge on any atom is -0.384 e. The Kier molecular flexibility index (Phi) is 4.02. The molecule has 7 heteroatoms. The Morgan fingerprint density at radius 3 is 3.04 bits per heavy atom. The molecule has 0 bridgehead atoms. The van der Waals surface area contributed by atoms with Gasteiger partial charge in [0.25, 0.3) is 0 Å². The highest BCUT2D eigenvalue weighted by molar-refractivity contribution is 5.95. The van der Waals surface area contributed by atoms with E-state index in [0.717, 1.165) is 54.1 Å². The molecule has 0 amide bonds. The average molecular weight is 324 g/mol. The van der Waals surface area contributed by atoms with E-state index in [-0.39, 0.29) is 6.10 Å². The largest absolute Gasteiger partial charge is 0.384 e. The molecule has 1 atom stereocenters. The van der Waals surface area contributed by atoms with Gasteiger partial charge < -0.3 is 21.1 Å². The molecule has 1 aliphatic heterocycles. The number of morpholine rings is 1. The quantitative estimate of drug-likeness (QED) is 0.582. The molecule has 5 N–H and O–H groups in total. The van der Waals surface area contributed by atoms with Gasteiger partial charge in [-0.1, -0.05) is 12.1 Å². The van der Waals surface area contributed by atoms with Crippen molar-refractivity contribution in [2.75, 3.05) is 37.3 Å². The normalized spacial score (nSPS) is 17.9. The zero-order chi connectivity index (χ0) is 16.4. The summed E-state index contributed by atoms with van der Waals surface area (Å²) in [5.41, 5.74) is 9.80. The van der Waals surface area contributed by atoms with Gasteiger partial charge in [-0.15, -0.1) is 0 Å². The summed E-state index contributed by atoms with van der Waals surface area (Å²) in [6, 6.07) is 9.93. The number of hydrogen-bond acceptors (Lipinski definition) is 6. The first-order valence-electron chi connectivity index (χ1n) is 8.06. The smallest absolute Gasteiger partial charge is 0.126 e. The lowest BCUT2D eigenvalue weighted by molar-refractivity contribution is 0.0372. The summed E-state index contributed by atoms with van der Waals surface area (Å²) in [5, 5.41) is 14.8. The number of aromatic amines is 1. The molecule has 0 unspecified atom stereocenters. The van der Waals surface area contributed by atoms with Crippen molar-refractivity contribution in [3.8, 4) is 11.3 Å². The van der Waals surface area contributed by atoms with Crippen molar-refractivity contribution in [2.24, 2.45) is 0 Å². The topological polar surface area (TPSA) is 101 Å². The van der Waals surface area contributed by atoms with E-state index in [2.05, 4.69) is 37.9 Å². The number of nitrogen functional groups attached to an aromatic ring is 1. The van der Waals surface area contributed by atoms with Crippen molar-refractivity contribution in [1.29, 1.82) is 0 Å². The lowest BCUT2D eigenvalue weighted by Crippen LogP contribution is -2.42. The van der Waals surface area contributed by atoms with Crippen LogP contribution in [0.3, 0.4) is 0 Å². The zero-order valence-electron chi connectivity index (χ0n) is 13.2. The van der Waals surface area contributed by atoms with Crippen LogP contribution in [0.2, 0.25) is 0 Å². The molecule has 4 rings (SSSR count). The van der Waals surface area contributed by atoms with Crippen molar-refractivity contribution in [2.45, 2.75) is 6.10 Å². The summed E-state index contributed by atoms with van der Waals surface area (Å²) >= 11 is 0. The van der Waals surface area contributed by atoms with Crippen LogP contribution in [0.25, 0.3) is 22.2 Å². The summed E-state index contributed by atoms with van der Waals surface area (Å²) in [7, 11) is 0.